The first kappa shape index (κ1) is 13.4. The van der Waals surface area contributed by atoms with E-state index in [2.05, 4.69) is 11.7 Å². The lowest BCUT2D eigenvalue weighted by Crippen LogP contribution is -2.09. The van der Waals surface area contributed by atoms with Crippen LogP contribution in [-0.4, -0.2) is 12.3 Å². The van der Waals surface area contributed by atoms with E-state index in [-0.39, 0.29) is 6.10 Å². The number of carbonyl (C=O) groups is 1. The van der Waals surface area contributed by atoms with Gasteiger partial charge in [-0.05, 0) is 19.8 Å². The van der Waals surface area contributed by atoms with Crippen molar-refractivity contribution in [1.82, 2.24) is 0 Å². The number of ether oxygens (including phenoxy) is 1. The molecule has 0 aliphatic carbocycles. The molecule has 0 fully saturated rings. The number of hydrogen-bond donors (Lipinski definition) is 0. The molecular weight excluding hydrogens is 183 g/mol. The Kier molecular flexibility index (Phi) is 8.59. The van der Waals surface area contributed by atoms with Gasteiger partial charge in [0.15, 0.2) is 0 Å². The Morgan fingerprint density at radius 1 is 1.21 bits per heavy atom. The molecule has 0 radical (unpaired) electrons. The first-order chi connectivity index (χ1) is 6.66. The molecule has 0 bridgehead atoms. The number of hydrogen-bond acceptors (Lipinski definition) is 2. The maximum Gasteiger partial charge on any atom is 0.495 e. The Hall–Kier alpha value is -0.600. The van der Waals surface area contributed by atoms with Gasteiger partial charge >= 0.3 is 6.22 Å². The largest absolute Gasteiger partial charge is 0.495 e. The normalized spacial score (nSPS) is 12.5. The fraction of sp³-hybridized carbons (Fsp3) is 0.909. The van der Waals surface area contributed by atoms with Crippen molar-refractivity contribution in [1.29, 1.82) is 0 Å². The Morgan fingerprint density at radius 2 is 1.79 bits per heavy atom. The van der Waals surface area contributed by atoms with Crippen molar-refractivity contribution in [3.05, 3.63) is 0 Å². The summed E-state index contributed by atoms with van der Waals surface area (Å²) in [7, 11) is 0. The second kappa shape index (κ2) is 8.97. The number of carbonyl (C=O) groups excluding carboxylic acids is 1. The molecule has 0 heterocycles. The zero-order valence-electron chi connectivity index (χ0n) is 9.22. The smallest absolute Gasteiger partial charge is 0.437 e. The molecule has 84 valence electrons. The van der Waals surface area contributed by atoms with Crippen molar-refractivity contribution in [2.24, 2.45) is 0 Å². The summed E-state index contributed by atoms with van der Waals surface area (Å²) in [5.74, 6) is 0. The van der Waals surface area contributed by atoms with E-state index < -0.39 is 6.22 Å². The summed E-state index contributed by atoms with van der Waals surface area (Å²) in [5, 5.41) is 0. The van der Waals surface area contributed by atoms with Crippen LogP contribution in [0, 0.1) is 0 Å². The minimum atomic E-state index is -1.66. The molecule has 0 aromatic heterocycles. The predicted octanol–water partition coefficient (Wildman–Crippen LogP) is 4.23. The molecule has 14 heavy (non-hydrogen) atoms. The first-order valence-corrected chi connectivity index (χ1v) is 5.53. The lowest BCUT2D eigenvalue weighted by atomic mass is 10.1. The molecule has 0 aliphatic heterocycles. The van der Waals surface area contributed by atoms with Gasteiger partial charge in [-0.1, -0.05) is 39.0 Å². The summed E-state index contributed by atoms with van der Waals surface area (Å²) < 4.78 is 16.1. The molecule has 3 heteroatoms. The molecule has 0 amide bonds. The van der Waals surface area contributed by atoms with Crippen LogP contribution in [0.25, 0.3) is 0 Å². The van der Waals surface area contributed by atoms with Crippen LogP contribution < -0.4 is 0 Å². The third-order valence-electron chi connectivity index (χ3n) is 2.26. The highest BCUT2D eigenvalue weighted by Crippen LogP contribution is 2.10. The molecule has 0 aliphatic rings. The highest BCUT2D eigenvalue weighted by Gasteiger charge is 2.06. The SMILES string of the molecule is CCCCCCCCC(C)OC(=O)F. The van der Waals surface area contributed by atoms with Crippen LogP contribution in [-0.2, 0) is 4.74 Å². The standard InChI is InChI=1S/C11H21FO2/c1-3-4-5-6-7-8-9-10(2)14-11(12)13/h10H,3-9H2,1-2H3. The van der Waals surface area contributed by atoms with E-state index in [1.807, 2.05) is 0 Å². The van der Waals surface area contributed by atoms with Crippen molar-refractivity contribution >= 4 is 6.22 Å². The average molecular weight is 204 g/mol. The zero-order chi connectivity index (χ0) is 10.8. The number of rotatable bonds is 8. The fourth-order valence-electron chi connectivity index (χ4n) is 1.43. The van der Waals surface area contributed by atoms with Gasteiger partial charge in [0.05, 0.1) is 0 Å². The molecule has 1 unspecified atom stereocenters. The van der Waals surface area contributed by atoms with E-state index in [0.29, 0.717) is 0 Å². The highest BCUT2D eigenvalue weighted by molar-refractivity contribution is 5.58. The van der Waals surface area contributed by atoms with E-state index in [1.165, 1.54) is 25.7 Å². The Bertz CT molecular complexity index is 148. The van der Waals surface area contributed by atoms with Gasteiger partial charge in [-0.3, -0.25) is 0 Å². The maximum atomic E-state index is 11.8. The average Bonchev–Trinajstić information content (AvgIpc) is 2.10. The molecule has 0 aromatic rings. The molecule has 2 nitrogen and oxygen atoms in total. The number of unbranched alkanes of at least 4 members (excludes halogenated alkanes) is 5. The molecular formula is C11H21FO2. The van der Waals surface area contributed by atoms with Crippen LogP contribution in [0.1, 0.15) is 58.8 Å². The van der Waals surface area contributed by atoms with Gasteiger partial charge < -0.3 is 4.74 Å². The Morgan fingerprint density at radius 3 is 2.36 bits per heavy atom. The van der Waals surface area contributed by atoms with Crippen molar-refractivity contribution in [2.75, 3.05) is 0 Å². The van der Waals surface area contributed by atoms with E-state index in [9.17, 15) is 9.18 Å². The van der Waals surface area contributed by atoms with Crippen LogP contribution in [0.15, 0.2) is 0 Å². The predicted molar refractivity (Wildman–Crippen MR) is 55.0 cm³/mol. The van der Waals surface area contributed by atoms with E-state index in [0.717, 1.165) is 19.3 Å². The third kappa shape index (κ3) is 9.49. The van der Waals surface area contributed by atoms with Crippen molar-refractivity contribution < 1.29 is 13.9 Å². The minimum absolute atomic E-state index is 0.279. The van der Waals surface area contributed by atoms with E-state index in [1.54, 1.807) is 6.92 Å². The summed E-state index contributed by atoms with van der Waals surface area (Å²) in [4.78, 5) is 9.94. The van der Waals surface area contributed by atoms with Crippen molar-refractivity contribution in [3.63, 3.8) is 0 Å². The van der Waals surface area contributed by atoms with Crippen LogP contribution in [0.3, 0.4) is 0 Å². The maximum absolute atomic E-state index is 11.8. The van der Waals surface area contributed by atoms with Crippen LogP contribution in [0.2, 0.25) is 0 Å². The Labute approximate surface area is 85.8 Å². The summed E-state index contributed by atoms with van der Waals surface area (Å²) in [6.45, 7) is 3.91. The van der Waals surface area contributed by atoms with Gasteiger partial charge in [0.25, 0.3) is 0 Å². The monoisotopic (exact) mass is 204 g/mol. The Balaban J connectivity index is 3.14. The molecule has 0 aromatic carbocycles. The van der Waals surface area contributed by atoms with Crippen molar-refractivity contribution in [3.8, 4) is 0 Å². The lowest BCUT2D eigenvalue weighted by molar-refractivity contribution is 0.0789. The molecule has 1 atom stereocenters. The van der Waals surface area contributed by atoms with E-state index in [4.69, 9.17) is 0 Å². The second-order valence-corrected chi connectivity index (χ2v) is 3.72. The minimum Gasteiger partial charge on any atom is -0.437 e. The van der Waals surface area contributed by atoms with Gasteiger partial charge in [0.2, 0.25) is 0 Å². The zero-order valence-corrected chi connectivity index (χ0v) is 9.22. The van der Waals surface area contributed by atoms with Crippen molar-refractivity contribution in [2.45, 2.75) is 64.9 Å². The summed E-state index contributed by atoms with van der Waals surface area (Å²) in [6, 6.07) is 0. The van der Waals surface area contributed by atoms with Crippen LogP contribution >= 0.6 is 0 Å². The molecule has 0 spiro atoms. The summed E-state index contributed by atoms with van der Waals surface area (Å²) in [6.07, 6.45) is 6.01. The lowest BCUT2D eigenvalue weighted by Gasteiger charge is -2.09. The van der Waals surface area contributed by atoms with Gasteiger partial charge in [-0.25, -0.2) is 4.79 Å². The van der Waals surface area contributed by atoms with Gasteiger partial charge in [-0.2, -0.15) is 0 Å². The van der Waals surface area contributed by atoms with Gasteiger partial charge in [0.1, 0.15) is 6.10 Å². The number of halogens is 1. The molecule has 0 N–H and O–H groups in total. The van der Waals surface area contributed by atoms with E-state index >= 15 is 0 Å². The highest BCUT2D eigenvalue weighted by atomic mass is 19.1. The summed E-state index contributed by atoms with van der Waals surface area (Å²) >= 11 is 0. The fourth-order valence-corrected chi connectivity index (χ4v) is 1.43. The van der Waals surface area contributed by atoms with Gasteiger partial charge in [0, 0.05) is 0 Å². The molecule has 0 saturated heterocycles. The topological polar surface area (TPSA) is 26.3 Å². The summed E-state index contributed by atoms with van der Waals surface area (Å²) in [5.41, 5.74) is 0. The van der Waals surface area contributed by atoms with Crippen LogP contribution in [0.4, 0.5) is 9.18 Å². The van der Waals surface area contributed by atoms with Gasteiger partial charge in [-0.15, -0.1) is 4.39 Å². The second-order valence-electron chi connectivity index (χ2n) is 3.72. The molecule has 0 saturated carbocycles. The third-order valence-corrected chi connectivity index (χ3v) is 2.26. The quantitative estimate of drug-likeness (QED) is 0.437. The molecule has 0 rings (SSSR count). The first-order valence-electron chi connectivity index (χ1n) is 5.53. The van der Waals surface area contributed by atoms with Crippen LogP contribution in [0.5, 0.6) is 0 Å².